The Bertz CT molecular complexity index is 390. The second-order valence-electron chi connectivity index (χ2n) is 3.47. The van der Waals surface area contributed by atoms with Crippen LogP contribution in [0.15, 0.2) is 12.4 Å². The number of unbranched alkanes of at least 4 members (excludes halogenated alkanes) is 2. The molecule has 94 valence electrons. The van der Waals surface area contributed by atoms with Crippen molar-refractivity contribution in [3.05, 3.63) is 22.5 Å². The molecular weight excluding hydrogens is 228 g/mol. The molecule has 8 nitrogen and oxygen atoms in total. The highest BCUT2D eigenvalue weighted by Crippen LogP contribution is 2.09. The van der Waals surface area contributed by atoms with Crippen LogP contribution < -0.4 is 5.32 Å². The van der Waals surface area contributed by atoms with Crippen LogP contribution in [0.1, 0.15) is 19.3 Å². The van der Waals surface area contributed by atoms with Crippen molar-refractivity contribution in [1.82, 2.24) is 14.9 Å². The summed E-state index contributed by atoms with van der Waals surface area (Å²) in [5.41, 5.74) is 0. The summed E-state index contributed by atoms with van der Waals surface area (Å²) in [5.74, 6) is -0.159. The maximum Gasteiger partial charge on any atom is 0.434 e. The van der Waals surface area contributed by atoms with E-state index in [4.69, 9.17) is 5.11 Å². The van der Waals surface area contributed by atoms with E-state index in [9.17, 15) is 14.9 Å². The van der Waals surface area contributed by atoms with Crippen molar-refractivity contribution in [2.24, 2.45) is 0 Å². The highest BCUT2D eigenvalue weighted by atomic mass is 16.6. The maximum atomic E-state index is 10.5. The van der Waals surface area contributed by atoms with Gasteiger partial charge in [-0.05, 0) is 24.2 Å². The van der Waals surface area contributed by atoms with Crippen LogP contribution >= 0.6 is 0 Å². The van der Waals surface area contributed by atoms with Crippen LogP contribution in [0.4, 0.5) is 10.7 Å². The molecule has 0 saturated carbocycles. The average molecular weight is 242 g/mol. The zero-order valence-corrected chi connectivity index (χ0v) is 9.20. The van der Waals surface area contributed by atoms with Gasteiger partial charge in [0.2, 0.25) is 0 Å². The third-order valence-corrected chi connectivity index (χ3v) is 2.21. The van der Waals surface area contributed by atoms with Crippen LogP contribution in [0.3, 0.4) is 0 Å². The van der Waals surface area contributed by atoms with Crippen LogP contribution in [-0.2, 0) is 6.54 Å². The minimum atomic E-state index is -1.03. The maximum absolute atomic E-state index is 10.5. The highest BCUT2D eigenvalue weighted by Gasteiger charge is 2.12. The van der Waals surface area contributed by atoms with E-state index in [1.807, 2.05) is 0 Å². The van der Waals surface area contributed by atoms with Crippen molar-refractivity contribution in [3.8, 4) is 0 Å². The van der Waals surface area contributed by atoms with Crippen LogP contribution in [0, 0.1) is 10.1 Å². The first-order valence-electron chi connectivity index (χ1n) is 5.23. The number of nitro groups is 1. The van der Waals surface area contributed by atoms with Gasteiger partial charge in [0.25, 0.3) is 0 Å². The molecule has 1 amide bonds. The molecule has 8 heteroatoms. The number of hydrogen-bond donors (Lipinski definition) is 2. The first-order chi connectivity index (χ1) is 8.11. The quantitative estimate of drug-likeness (QED) is 0.424. The summed E-state index contributed by atoms with van der Waals surface area (Å²) in [6.45, 7) is 0.921. The number of rotatable bonds is 7. The summed E-state index contributed by atoms with van der Waals surface area (Å²) in [4.78, 5) is 23.8. The number of amides is 1. The Labute approximate surface area is 97.4 Å². The molecule has 1 rings (SSSR count). The standard InChI is InChI=1S/C9H14N4O4/c14-9(15)11-4-2-1-3-6-12-7-5-10-8(12)13(16)17/h5,7,11H,1-4,6H2,(H,14,15). The number of hydrogen-bond acceptors (Lipinski definition) is 4. The monoisotopic (exact) mass is 242 g/mol. The fraction of sp³-hybridized carbons (Fsp3) is 0.556. The lowest BCUT2D eigenvalue weighted by molar-refractivity contribution is -0.396. The third-order valence-electron chi connectivity index (χ3n) is 2.21. The Morgan fingerprint density at radius 1 is 1.53 bits per heavy atom. The van der Waals surface area contributed by atoms with Gasteiger partial charge in [-0.1, -0.05) is 4.98 Å². The minimum Gasteiger partial charge on any atom is -0.465 e. The van der Waals surface area contributed by atoms with Gasteiger partial charge in [0.05, 0.1) is 6.54 Å². The second kappa shape index (κ2) is 6.46. The van der Waals surface area contributed by atoms with Gasteiger partial charge in [0, 0.05) is 6.54 Å². The topological polar surface area (TPSA) is 110 Å². The van der Waals surface area contributed by atoms with Gasteiger partial charge in [-0.15, -0.1) is 0 Å². The third kappa shape index (κ3) is 4.49. The van der Waals surface area contributed by atoms with Gasteiger partial charge in [-0.3, -0.25) is 0 Å². The molecule has 1 aromatic rings. The van der Waals surface area contributed by atoms with Gasteiger partial charge < -0.3 is 20.5 Å². The molecule has 2 N–H and O–H groups in total. The van der Waals surface area contributed by atoms with Crippen molar-refractivity contribution in [2.45, 2.75) is 25.8 Å². The Morgan fingerprint density at radius 3 is 2.94 bits per heavy atom. The molecule has 0 saturated heterocycles. The van der Waals surface area contributed by atoms with Gasteiger partial charge in [0.1, 0.15) is 12.4 Å². The summed E-state index contributed by atoms with van der Waals surface area (Å²) in [7, 11) is 0. The van der Waals surface area contributed by atoms with Crippen molar-refractivity contribution in [2.75, 3.05) is 6.54 Å². The van der Waals surface area contributed by atoms with Crippen LogP contribution in [0.5, 0.6) is 0 Å². The number of imidazole rings is 1. The first-order valence-corrected chi connectivity index (χ1v) is 5.23. The average Bonchev–Trinajstić information content (AvgIpc) is 2.71. The molecule has 0 spiro atoms. The predicted molar refractivity (Wildman–Crippen MR) is 58.8 cm³/mol. The van der Waals surface area contributed by atoms with Gasteiger partial charge in [0.15, 0.2) is 0 Å². The number of nitrogens with one attached hydrogen (secondary N) is 1. The van der Waals surface area contributed by atoms with E-state index in [1.54, 1.807) is 6.20 Å². The van der Waals surface area contributed by atoms with E-state index in [0.717, 1.165) is 19.3 Å². The minimum absolute atomic E-state index is 0.159. The molecule has 0 unspecified atom stereocenters. The van der Waals surface area contributed by atoms with E-state index in [0.29, 0.717) is 13.1 Å². The Hall–Kier alpha value is -2.12. The molecule has 0 radical (unpaired) electrons. The van der Waals surface area contributed by atoms with Gasteiger partial charge in [-0.2, -0.15) is 0 Å². The largest absolute Gasteiger partial charge is 0.465 e. The van der Waals surface area contributed by atoms with Gasteiger partial charge in [-0.25, -0.2) is 9.36 Å². The van der Waals surface area contributed by atoms with Crippen molar-refractivity contribution in [1.29, 1.82) is 0 Å². The fourth-order valence-corrected chi connectivity index (χ4v) is 1.43. The summed E-state index contributed by atoms with van der Waals surface area (Å²) in [6, 6.07) is 0. The van der Waals surface area contributed by atoms with Crippen LogP contribution in [-0.4, -0.2) is 32.2 Å². The predicted octanol–water partition coefficient (Wildman–Crippen LogP) is 1.23. The Morgan fingerprint density at radius 2 is 2.29 bits per heavy atom. The number of carboxylic acid groups (broad SMARTS) is 1. The molecule has 0 bridgehead atoms. The molecule has 1 heterocycles. The van der Waals surface area contributed by atoms with Crippen molar-refractivity contribution >= 4 is 12.0 Å². The molecule has 0 aliphatic carbocycles. The smallest absolute Gasteiger partial charge is 0.434 e. The molecule has 0 aromatic carbocycles. The molecule has 17 heavy (non-hydrogen) atoms. The fourth-order valence-electron chi connectivity index (χ4n) is 1.43. The summed E-state index contributed by atoms with van der Waals surface area (Å²) in [6.07, 6.45) is 4.19. The second-order valence-corrected chi connectivity index (χ2v) is 3.47. The van der Waals surface area contributed by atoms with Crippen molar-refractivity contribution < 1.29 is 14.8 Å². The molecular formula is C9H14N4O4. The first kappa shape index (κ1) is 12.9. The lowest BCUT2D eigenvalue weighted by Gasteiger charge is -2.02. The number of nitrogens with zero attached hydrogens (tertiary/aromatic N) is 3. The zero-order chi connectivity index (χ0) is 12.7. The molecule has 1 aromatic heterocycles. The Balaban J connectivity index is 2.20. The summed E-state index contributed by atoms with van der Waals surface area (Å²) < 4.78 is 1.48. The Kier molecular flexibility index (Phi) is 4.92. The van der Waals surface area contributed by atoms with E-state index >= 15 is 0 Å². The molecule has 0 aliphatic rings. The zero-order valence-electron chi connectivity index (χ0n) is 9.20. The normalized spacial score (nSPS) is 10.1. The van der Waals surface area contributed by atoms with E-state index < -0.39 is 11.0 Å². The molecule has 0 aliphatic heterocycles. The molecule has 0 fully saturated rings. The van der Waals surface area contributed by atoms with E-state index in [-0.39, 0.29) is 5.95 Å². The molecule has 0 atom stereocenters. The summed E-state index contributed by atoms with van der Waals surface area (Å²) in [5, 5.41) is 21.1. The highest BCUT2D eigenvalue weighted by molar-refractivity contribution is 5.64. The van der Waals surface area contributed by atoms with Gasteiger partial charge >= 0.3 is 12.0 Å². The van der Waals surface area contributed by atoms with Crippen LogP contribution in [0.25, 0.3) is 0 Å². The van der Waals surface area contributed by atoms with Crippen LogP contribution in [0.2, 0.25) is 0 Å². The number of carbonyl (C=O) groups is 1. The number of aryl methyl sites for hydroxylation is 1. The number of aromatic nitrogens is 2. The van der Waals surface area contributed by atoms with E-state index in [2.05, 4.69) is 10.3 Å². The van der Waals surface area contributed by atoms with Crippen molar-refractivity contribution in [3.63, 3.8) is 0 Å². The lowest BCUT2D eigenvalue weighted by atomic mass is 10.2. The SMILES string of the molecule is O=C(O)NCCCCCn1ccnc1[N+](=O)[O-]. The summed E-state index contributed by atoms with van der Waals surface area (Å²) >= 11 is 0. The van der Waals surface area contributed by atoms with E-state index in [1.165, 1.54) is 10.8 Å². The lowest BCUT2D eigenvalue weighted by Crippen LogP contribution is -2.21.